The van der Waals surface area contributed by atoms with Crippen molar-refractivity contribution in [3.8, 4) is 0 Å². The lowest BCUT2D eigenvalue weighted by atomic mass is 10.0. The van der Waals surface area contributed by atoms with Crippen LogP contribution >= 0.6 is 11.6 Å². The minimum Gasteiger partial charge on any atom is -0.464 e. The molecule has 0 spiro atoms. The number of benzene rings is 1. The third kappa shape index (κ3) is 4.10. The summed E-state index contributed by atoms with van der Waals surface area (Å²) in [5, 5.41) is 0.454. The number of hydrogen-bond donors (Lipinski definition) is 0. The second-order valence-electron chi connectivity index (χ2n) is 6.96. The third-order valence-corrected chi connectivity index (χ3v) is 5.96. The number of halogens is 1. The van der Waals surface area contributed by atoms with Gasteiger partial charge in [0.1, 0.15) is 6.04 Å². The normalized spacial score (nSPS) is 20.2. The van der Waals surface area contributed by atoms with Crippen LogP contribution in [0.25, 0.3) is 0 Å². The first-order chi connectivity index (χ1) is 11.1. The minimum atomic E-state index is -3.75. The topological polar surface area (TPSA) is 63.7 Å². The van der Waals surface area contributed by atoms with E-state index < -0.39 is 22.0 Å². The second kappa shape index (κ2) is 7.42. The maximum Gasteiger partial charge on any atom is 0.324 e. The smallest absolute Gasteiger partial charge is 0.324 e. The van der Waals surface area contributed by atoms with E-state index in [1.807, 2.05) is 27.7 Å². The molecule has 0 N–H and O–H groups in total. The van der Waals surface area contributed by atoms with Crippen LogP contribution in [-0.2, 0) is 26.0 Å². The first-order valence-corrected chi connectivity index (χ1v) is 9.91. The fraction of sp³-hybridized carbons (Fsp3) is 0.588. The quantitative estimate of drug-likeness (QED) is 0.744. The van der Waals surface area contributed by atoms with Crippen LogP contribution in [0.15, 0.2) is 23.1 Å². The van der Waals surface area contributed by atoms with Gasteiger partial charge in [0.25, 0.3) is 0 Å². The lowest BCUT2D eigenvalue weighted by Crippen LogP contribution is -2.51. The van der Waals surface area contributed by atoms with Crippen LogP contribution in [-0.4, -0.2) is 37.9 Å². The van der Waals surface area contributed by atoms with Gasteiger partial charge in [-0.2, -0.15) is 4.31 Å². The minimum absolute atomic E-state index is 0.0917. The van der Waals surface area contributed by atoms with Crippen molar-refractivity contribution in [2.24, 2.45) is 11.8 Å². The molecule has 0 aromatic heterocycles. The predicted octanol–water partition coefficient (Wildman–Crippen LogP) is 3.11. The first kappa shape index (κ1) is 19.2. The fourth-order valence-electron chi connectivity index (χ4n) is 2.69. The van der Waals surface area contributed by atoms with Gasteiger partial charge in [-0.25, -0.2) is 8.42 Å². The van der Waals surface area contributed by atoms with E-state index in [1.54, 1.807) is 12.1 Å². The Labute approximate surface area is 149 Å². The molecule has 0 bridgehead atoms. The van der Waals surface area contributed by atoms with Gasteiger partial charge in [-0.05, 0) is 35.6 Å². The molecular weight excluding hydrogens is 350 g/mol. The van der Waals surface area contributed by atoms with Gasteiger partial charge in [0.05, 0.1) is 11.5 Å². The summed E-state index contributed by atoms with van der Waals surface area (Å²) in [5.74, 6) is -0.220. The zero-order valence-electron chi connectivity index (χ0n) is 14.5. The van der Waals surface area contributed by atoms with E-state index in [0.717, 1.165) is 0 Å². The molecule has 0 saturated heterocycles. The second-order valence-corrected chi connectivity index (χ2v) is 9.26. The van der Waals surface area contributed by atoms with Gasteiger partial charge >= 0.3 is 5.97 Å². The molecule has 1 aromatic rings. The average molecular weight is 374 g/mol. The number of ether oxygens (including phenoxy) is 1. The highest BCUT2D eigenvalue weighted by Gasteiger charge is 2.42. The Morgan fingerprint density at radius 1 is 1.29 bits per heavy atom. The first-order valence-electron chi connectivity index (χ1n) is 8.09. The monoisotopic (exact) mass is 373 g/mol. The van der Waals surface area contributed by atoms with Crippen LogP contribution in [0, 0.1) is 11.8 Å². The van der Waals surface area contributed by atoms with Gasteiger partial charge in [-0.3, -0.25) is 4.79 Å². The summed E-state index contributed by atoms with van der Waals surface area (Å²) < 4.78 is 32.5. The number of fused-ring (bicyclic) bond motifs is 1. The highest BCUT2D eigenvalue weighted by atomic mass is 35.5. The van der Waals surface area contributed by atoms with Gasteiger partial charge in [0.2, 0.25) is 10.0 Å². The van der Waals surface area contributed by atoms with Crippen molar-refractivity contribution in [2.75, 3.05) is 13.2 Å². The summed E-state index contributed by atoms with van der Waals surface area (Å²) in [6, 6.07) is 3.84. The van der Waals surface area contributed by atoms with E-state index in [0.29, 0.717) is 10.6 Å². The number of nitrogens with zero attached hydrogens (tertiary/aromatic N) is 1. The SMILES string of the molecule is CC(C)COC(=O)C1Cc2cc(Cl)ccc2S(=O)(=O)N1CC(C)C. The molecule has 24 heavy (non-hydrogen) atoms. The number of carbonyl (C=O) groups is 1. The summed E-state index contributed by atoms with van der Waals surface area (Å²) in [6.45, 7) is 8.25. The molecule has 5 nitrogen and oxygen atoms in total. The molecular formula is C17H24ClNO4S. The molecule has 1 aliphatic heterocycles. The Balaban J connectivity index is 2.42. The zero-order chi connectivity index (χ0) is 18.1. The molecule has 1 aromatic carbocycles. The van der Waals surface area contributed by atoms with E-state index in [4.69, 9.17) is 16.3 Å². The number of hydrogen-bond acceptors (Lipinski definition) is 4. The summed E-state index contributed by atoms with van der Waals surface area (Å²) in [4.78, 5) is 12.7. The van der Waals surface area contributed by atoms with Gasteiger partial charge in [0.15, 0.2) is 0 Å². The van der Waals surface area contributed by atoms with Crippen molar-refractivity contribution in [2.45, 2.75) is 45.1 Å². The van der Waals surface area contributed by atoms with Crippen molar-refractivity contribution in [3.63, 3.8) is 0 Å². The van der Waals surface area contributed by atoms with Crippen LogP contribution in [0.1, 0.15) is 33.3 Å². The van der Waals surface area contributed by atoms with Gasteiger partial charge in [0, 0.05) is 18.0 Å². The van der Waals surface area contributed by atoms with Crippen molar-refractivity contribution in [3.05, 3.63) is 28.8 Å². The van der Waals surface area contributed by atoms with Gasteiger partial charge < -0.3 is 4.74 Å². The van der Waals surface area contributed by atoms with Gasteiger partial charge in [-0.1, -0.05) is 39.3 Å². The van der Waals surface area contributed by atoms with Crippen LogP contribution in [0.4, 0.5) is 0 Å². The van der Waals surface area contributed by atoms with Crippen molar-refractivity contribution in [1.29, 1.82) is 0 Å². The van der Waals surface area contributed by atoms with E-state index in [1.165, 1.54) is 10.4 Å². The van der Waals surface area contributed by atoms with Crippen LogP contribution in [0.2, 0.25) is 5.02 Å². The largest absolute Gasteiger partial charge is 0.464 e. The van der Waals surface area contributed by atoms with Crippen LogP contribution < -0.4 is 0 Å². The summed E-state index contributed by atoms with van der Waals surface area (Å²) in [5.41, 5.74) is 0.564. The van der Waals surface area contributed by atoms with Crippen molar-refractivity contribution < 1.29 is 17.9 Å². The number of carbonyl (C=O) groups excluding carboxylic acids is 1. The van der Waals surface area contributed by atoms with Crippen LogP contribution in [0.3, 0.4) is 0 Å². The maximum absolute atomic E-state index is 13.0. The molecule has 134 valence electrons. The summed E-state index contributed by atoms with van der Waals surface area (Å²) in [7, 11) is -3.75. The fourth-order valence-corrected chi connectivity index (χ4v) is 4.85. The summed E-state index contributed by atoms with van der Waals surface area (Å²) >= 11 is 6.00. The average Bonchev–Trinajstić information content (AvgIpc) is 2.46. The maximum atomic E-state index is 13.0. The van der Waals surface area contributed by atoms with E-state index in [9.17, 15) is 13.2 Å². The lowest BCUT2D eigenvalue weighted by Gasteiger charge is -2.35. The Kier molecular flexibility index (Phi) is 5.94. The Morgan fingerprint density at radius 2 is 1.96 bits per heavy atom. The van der Waals surface area contributed by atoms with Crippen molar-refractivity contribution >= 4 is 27.6 Å². The third-order valence-electron chi connectivity index (χ3n) is 3.75. The Bertz CT molecular complexity index is 715. The molecule has 1 aliphatic rings. The molecule has 2 rings (SSSR count). The molecule has 1 unspecified atom stereocenters. The molecule has 0 fully saturated rings. The zero-order valence-corrected chi connectivity index (χ0v) is 16.0. The highest BCUT2D eigenvalue weighted by molar-refractivity contribution is 7.89. The number of rotatable bonds is 5. The molecule has 0 saturated carbocycles. The highest BCUT2D eigenvalue weighted by Crippen LogP contribution is 2.33. The molecule has 0 aliphatic carbocycles. The molecule has 0 radical (unpaired) electrons. The number of esters is 1. The van der Waals surface area contributed by atoms with Crippen molar-refractivity contribution in [1.82, 2.24) is 4.31 Å². The summed E-state index contributed by atoms with van der Waals surface area (Å²) in [6.07, 6.45) is 0.277. The van der Waals surface area contributed by atoms with E-state index in [-0.39, 0.29) is 36.3 Å². The Hall–Kier alpha value is -1.11. The van der Waals surface area contributed by atoms with Gasteiger partial charge in [-0.15, -0.1) is 0 Å². The molecule has 7 heteroatoms. The molecule has 1 heterocycles. The molecule has 1 atom stereocenters. The lowest BCUT2D eigenvalue weighted by molar-refractivity contribution is -0.149. The molecule has 0 amide bonds. The van der Waals surface area contributed by atoms with E-state index >= 15 is 0 Å². The van der Waals surface area contributed by atoms with E-state index in [2.05, 4.69) is 0 Å². The Morgan fingerprint density at radius 3 is 2.54 bits per heavy atom. The predicted molar refractivity (Wildman–Crippen MR) is 93.5 cm³/mol. The number of sulfonamides is 1. The van der Waals surface area contributed by atoms with Crippen LogP contribution in [0.5, 0.6) is 0 Å². The standard InChI is InChI=1S/C17H24ClNO4S/c1-11(2)9-19-15(17(20)23-10-12(3)4)8-13-7-14(18)5-6-16(13)24(19,21)22/h5-7,11-12,15H,8-10H2,1-4H3.